The molecule has 0 aliphatic heterocycles. The molecule has 13 heteroatoms. The number of aromatic amines is 1. The summed E-state index contributed by atoms with van der Waals surface area (Å²) in [7, 11) is 0. The molecular weight excluding hydrogens is 410 g/mol. The highest BCUT2D eigenvalue weighted by Crippen LogP contribution is 2.29. The van der Waals surface area contributed by atoms with E-state index < -0.39 is 43.1 Å². The van der Waals surface area contributed by atoms with Crippen LogP contribution < -0.4 is 20.1 Å². The minimum absolute atomic E-state index is 0.148. The lowest BCUT2D eigenvalue weighted by molar-refractivity contribution is -0.153. The molecule has 1 aromatic heterocycles. The third kappa shape index (κ3) is 8.19. The minimum Gasteiger partial charge on any atom is -0.484 e. The normalized spacial score (nSPS) is 11.8. The number of urea groups is 1. The number of nitrogens with zero attached hydrogens (tertiary/aromatic N) is 1. The molecule has 2 rings (SSSR count). The number of hydrogen-bond donors (Lipinski definition) is 3. The highest BCUT2D eigenvalue weighted by molar-refractivity contribution is 5.99. The Morgan fingerprint density at radius 1 is 0.966 bits per heavy atom. The van der Waals surface area contributed by atoms with E-state index in [1.807, 2.05) is 6.92 Å². The number of aromatic nitrogens is 2. The molecular formula is C16H16F6N4O3. The number of nitrogens with one attached hydrogen (secondary N) is 3. The number of ether oxygens (including phenoxy) is 2. The zero-order valence-corrected chi connectivity index (χ0v) is 14.9. The standard InChI is InChI=1S/C16H16F6N4O3/c1-2-9-5-13(26-25-9)24-14(27)23-10-3-11(28-7-15(17,18)19)6-12(4-10)29-8-16(20,21)22/h3-6H,2,7-8H2,1H3,(H3,23,24,25,26,27). The van der Waals surface area contributed by atoms with Gasteiger partial charge in [0.2, 0.25) is 0 Å². The molecule has 0 spiro atoms. The Morgan fingerprint density at radius 3 is 1.97 bits per heavy atom. The summed E-state index contributed by atoms with van der Waals surface area (Å²) in [5.41, 5.74) is 0.594. The monoisotopic (exact) mass is 426 g/mol. The lowest BCUT2D eigenvalue weighted by Gasteiger charge is -2.15. The van der Waals surface area contributed by atoms with Crippen LogP contribution in [-0.4, -0.2) is 41.8 Å². The zero-order chi connectivity index (χ0) is 21.7. The van der Waals surface area contributed by atoms with Gasteiger partial charge in [0.1, 0.15) is 11.5 Å². The number of hydrogen-bond acceptors (Lipinski definition) is 4. The number of aryl methyl sites for hydroxylation is 1. The Hall–Kier alpha value is -3.12. The van der Waals surface area contributed by atoms with Crippen LogP contribution in [0.15, 0.2) is 24.3 Å². The van der Waals surface area contributed by atoms with Crippen LogP contribution in [0.25, 0.3) is 0 Å². The maximum atomic E-state index is 12.3. The first kappa shape index (κ1) is 22.2. The summed E-state index contributed by atoms with van der Waals surface area (Å²) in [6, 6.07) is 3.60. The smallest absolute Gasteiger partial charge is 0.422 e. The SMILES string of the molecule is CCc1cc(NC(=O)Nc2cc(OCC(F)(F)F)cc(OCC(F)(F)F)c2)n[nH]1. The first-order valence-electron chi connectivity index (χ1n) is 8.10. The molecule has 2 aromatic rings. The van der Waals surface area contributed by atoms with Gasteiger partial charge in [0.15, 0.2) is 19.0 Å². The van der Waals surface area contributed by atoms with Gasteiger partial charge in [-0.05, 0) is 6.42 Å². The Balaban J connectivity index is 2.13. The van der Waals surface area contributed by atoms with E-state index in [0.29, 0.717) is 6.42 Å². The molecule has 0 radical (unpaired) electrons. The highest BCUT2D eigenvalue weighted by atomic mass is 19.4. The van der Waals surface area contributed by atoms with Crippen molar-refractivity contribution in [2.75, 3.05) is 23.8 Å². The van der Waals surface area contributed by atoms with Gasteiger partial charge in [-0.2, -0.15) is 31.4 Å². The van der Waals surface area contributed by atoms with Crippen LogP contribution >= 0.6 is 0 Å². The van der Waals surface area contributed by atoms with E-state index in [1.165, 1.54) is 0 Å². The quantitative estimate of drug-likeness (QED) is 0.569. The molecule has 0 atom stereocenters. The van der Waals surface area contributed by atoms with E-state index in [9.17, 15) is 31.1 Å². The van der Waals surface area contributed by atoms with Crippen LogP contribution in [0, 0.1) is 0 Å². The van der Waals surface area contributed by atoms with Crippen LogP contribution in [0.1, 0.15) is 12.6 Å². The molecule has 0 saturated heterocycles. The first-order valence-corrected chi connectivity index (χ1v) is 8.10. The average molecular weight is 426 g/mol. The number of carbonyl (C=O) groups is 1. The fraction of sp³-hybridized carbons (Fsp3) is 0.375. The van der Waals surface area contributed by atoms with Gasteiger partial charge in [0.25, 0.3) is 0 Å². The lowest BCUT2D eigenvalue weighted by Crippen LogP contribution is -2.21. The van der Waals surface area contributed by atoms with E-state index in [-0.39, 0.29) is 11.5 Å². The van der Waals surface area contributed by atoms with Crippen molar-refractivity contribution in [2.45, 2.75) is 25.7 Å². The molecule has 0 unspecified atom stereocenters. The molecule has 2 amide bonds. The Bertz CT molecular complexity index is 799. The summed E-state index contributed by atoms with van der Waals surface area (Å²) in [5, 5.41) is 11.1. The van der Waals surface area contributed by atoms with E-state index in [1.54, 1.807) is 6.07 Å². The van der Waals surface area contributed by atoms with E-state index in [4.69, 9.17) is 0 Å². The number of halogens is 6. The summed E-state index contributed by atoms with van der Waals surface area (Å²) in [6.07, 6.45) is -8.69. The number of amides is 2. The average Bonchev–Trinajstić information content (AvgIpc) is 3.04. The van der Waals surface area contributed by atoms with E-state index in [2.05, 4.69) is 30.3 Å². The second-order valence-corrected chi connectivity index (χ2v) is 5.71. The van der Waals surface area contributed by atoms with Crippen molar-refractivity contribution in [1.82, 2.24) is 10.2 Å². The van der Waals surface area contributed by atoms with Crippen molar-refractivity contribution < 1.29 is 40.6 Å². The molecule has 29 heavy (non-hydrogen) atoms. The van der Waals surface area contributed by atoms with Crippen molar-refractivity contribution in [3.63, 3.8) is 0 Å². The Morgan fingerprint density at radius 2 is 1.52 bits per heavy atom. The van der Waals surface area contributed by atoms with Crippen LogP contribution in [0.5, 0.6) is 11.5 Å². The van der Waals surface area contributed by atoms with Crippen LogP contribution in [0.3, 0.4) is 0 Å². The molecule has 0 aliphatic rings. The molecule has 7 nitrogen and oxygen atoms in total. The number of H-pyrrole nitrogens is 1. The number of carbonyl (C=O) groups excluding carboxylic acids is 1. The molecule has 0 fully saturated rings. The Kier molecular flexibility index (Phi) is 6.82. The van der Waals surface area contributed by atoms with Crippen molar-refractivity contribution in [1.29, 1.82) is 0 Å². The summed E-state index contributed by atoms with van der Waals surface area (Å²) < 4.78 is 83.1. The second kappa shape index (κ2) is 8.92. The summed E-state index contributed by atoms with van der Waals surface area (Å²) in [5.74, 6) is -0.701. The van der Waals surface area contributed by atoms with Crippen molar-refractivity contribution >= 4 is 17.5 Å². The maximum absolute atomic E-state index is 12.3. The zero-order valence-electron chi connectivity index (χ0n) is 14.9. The summed E-state index contributed by atoms with van der Waals surface area (Å²) in [4.78, 5) is 12.0. The minimum atomic E-state index is -4.66. The largest absolute Gasteiger partial charge is 0.484 e. The van der Waals surface area contributed by atoms with Gasteiger partial charge < -0.3 is 14.8 Å². The molecule has 1 heterocycles. The number of alkyl halides is 6. The van der Waals surface area contributed by atoms with Crippen LogP contribution in [0.4, 0.5) is 42.6 Å². The molecule has 0 bridgehead atoms. The second-order valence-electron chi connectivity index (χ2n) is 5.71. The molecule has 1 aromatic carbocycles. The highest BCUT2D eigenvalue weighted by Gasteiger charge is 2.30. The van der Waals surface area contributed by atoms with E-state index >= 15 is 0 Å². The number of anilines is 2. The lowest BCUT2D eigenvalue weighted by atomic mass is 10.2. The Labute approximate surface area is 160 Å². The van der Waals surface area contributed by atoms with E-state index in [0.717, 1.165) is 23.9 Å². The third-order valence-corrected chi connectivity index (χ3v) is 3.20. The summed E-state index contributed by atoms with van der Waals surface area (Å²) in [6.45, 7) is -1.49. The van der Waals surface area contributed by atoms with Crippen LogP contribution in [-0.2, 0) is 6.42 Å². The summed E-state index contributed by atoms with van der Waals surface area (Å²) >= 11 is 0. The predicted molar refractivity (Wildman–Crippen MR) is 90.1 cm³/mol. The number of rotatable bonds is 7. The van der Waals surface area contributed by atoms with Crippen molar-refractivity contribution in [2.24, 2.45) is 0 Å². The van der Waals surface area contributed by atoms with Gasteiger partial charge in [-0.1, -0.05) is 6.92 Å². The topological polar surface area (TPSA) is 88.3 Å². The van der Waals surface area contributed by atoms with Gasteiger partial charge in [0, 0.05) is 35.6 Å². The molecule has 3 N–H and O–H groups in total. The maximum Gasteiger partial charge on any atom is 0.422 e. The fourth-order valence-electron chi connectivity index (χ4n) is 2.03. The number of benzene rings is 1. The molecule has 0 aliphatic carbocycles. The van der Waals surface area contributed by atoms with Crippen molar-refractivity contribution in [3.05, 3.63) is 30.0 Å². The van der Waals surface area contributed by atoms with Gasteiger partial charge in [0.05, 0.1) is 0 Å². The molecule has 160 valence electrons. The van der Waals surface area contributed by atoms with Crippen LogP contribution in [0.2, 0.25) is 0 Å². The molecule has 0 saturated carbocycles. The van der Waals surface area contributed by atoms with Gasteiger partial charge in [-0.15, -0.1) is 0 Å². The van der Waals surface area contributed by atoms with Gasteiger partial charge in [-0.3, -0.25) is 10.4 Å². The predicted octanol–water partition coefficient (Wildman–Crippen LogP) is 4.50. The first-order chi connectivity index (χ1) is 13.4. The van der Waals surface area contributed by atoms with Crippen molar-refractivity contribution in [3.8, 4) is 11.5 Å². The fourth-order valence-corrected chi connectivity index (χ4v) is 2.03. The van der Waals surface area contributed by atoms with Gasteiger partial charge in [-0.25, -0.2) is 4.79 Å². The third-order valence-electron chi connectivity index (χ3n) is 3.20. The van der Waals surface area contributed by atoms with Gasteiger partial charge >= 0.3 is 18.4 Å².